The van der Waals surface area contributed by atoms with Crippen LogP contribution in [0.15, 0.2) is 6.20 Å². The Morgan fingerprint density at radius 3 is 2.91 bits per heavy atom. The summed E-state index contributed by atoms with van der Waals surface area (Å²) in [5.41, 5.74) is 2.16. The first-order chi connectivity index (χ1) is 10.6. The fourth-order valence-corrected chi connectivity index (χ4v) is 2.94. The molecule has 0 radical (unpaired) electrons. The van der Waals surface area contributed by atoms with E-state index >= 15 is 0 Å². The van der Waals surface area contributed by atoms with Crippen molar-refractivity contribution >= 4 is 11.9 Å². The SMILES string of the molecule is CC(C)C(=O)N[C@H]1CCCc2nc(N3CCOCC3)ncc21. The molecule has 2 aliphatic rings. The summed E-state index contributed by atoms with van der Waals surface area (Å²) in [6.45, 7) is 6.97. The third-order valence-corrected chi connectivity index (χ3v) is 4.30. The van der Waals surface area contributed by atoms with Crippen LogP contribution in [0.4, 0.5) is 5.95 Å². The number of carbonyl (C=O) groups is 1. The van der Waals surface area contributed by atoms with Gasteiger partial charge in [0.1, 0.15) is 0 Å². The molecule has 0 bridgehead atoms. The molecule has 1 fully saturated rings. The zero-order valence-corrected chi connectivity index (χ0v) is 13.3. The molecular weight excluding hydrogens is 280 g/mol. The number of aromatic nitrogens is 2. The smallest absolute Gasteiger partial charge is 0.225 e. The van der Waals surface area contributed by atoms with Crippen molar-refractivity contribution in [1.82, 2.24) is 15.3 Å². The van der Waals surface area contributed by atoms with E-state index in [0.29, 0.717) is 0 Å². The van der Waals surface area contributed by atoms with Gasteiger partial charge in [0.15, 0.2) is 0 Å². The number of anilines is 1. The molecule has 1 N–H and O–H groups in total. The summed E-state index contributed by atoms with van der Waals surface area (Å²) in [7, 11) is 0. The van der Waals surface area contributed by atoms with Crippen molar-refractivity contribution in [3.05, 3.63) is 17.5 Å². The van der Waals surface area contributed by atoms with Crippen LogP contribution >= 0.6 is 0 Å². The second-order valence-corrected chi connectivity index (χ2v) is 6.28. The molecule has 1 saturated heterocycles. The predicted octanol–water partition coefficient (Wildman–Crippen LogP) is 1.46. The van der Waals surface area contributed by atoms with Crippen LogP contribution in [0.5, 0.6) is 0 Å². The van der Waals surface area contributed by atoms with Crippen LogP contribution in [0.25, 0.3) is 0 Å². The summed E-state index contributed by atoms with van der Waals surface area (Å²) in [5, 5.41) is 3.12. The van der Waals surface area contributed by atoms with E-state index < -0.39 is 0 Å². The van der Waals surface area contributed by atoms with Gasteiger partial charge >= 0.3 is 0 Å². The lowest BCUT2D eigenvalue weighted by Crippen LogP contribution is -2.38. The molecule has 0 unspecified atom stereocenters. The number of hydrogen-bond acceptors (Lipinski definition) is 5. The van der Waals surface area contributed by atoms with Crippen LogP contribution in [0, 0.1) is 5.92 Å². The lowest BCUT2D eigenvalue weighted by molar-refractivity contribution is -0.124. The summed E-state index contributed by atoms with van der Waals surface area (Å²) < 4.78 is 5.37. The zero-order chi connectivity index (χ0) is 15.5. The molecule has 0 saturated carbocycles. The van der Waals surface area contributed by atoms with E-state index in [0.717, 1.165) is 62.8 Å². The number of morpholine rings is 1. The molecule has 0 spiro atoms. The quantitative estimate of drug-likeness (QED) is 0.916. The monoisotopic (exact) mass is 304 g/mol. The van der Waals surface area contributed by atoms with E-state index in [2.05, 4.69) is 15.2 Å². The highest BCUT2D eigenvalue weighted by atomic mass is 16.5. The van der Waals surface area contributed by atoms with Gasteiger partial charge in [0, 0.05) is 30.8 Å². The highest BCUT2D eigenvalue weighted by Gasteiger charge is 2.25. The van der Waals surface area contributed by atoms with Crippen molar-refractivity contribution in [2.45, 2.75) is 39.2 Å². The number of amides is 1. The van der Waals surface area contributed by atoms with E-state index in [1.165, 1.54) is 0 Å². The predicted molar refractivity (Wildman–Crippen MR) is 83.7 cm³/mol. The van der Waals surface area contributed by atoms with Crippen molar-refractivity contribution in [3.8, 4) is 0 Å². The number of hydrogen-bond donors (Lipinski definition) is 1. The molecule has 6 nitrogen and oxygen atoms in total. The summed E-state index contributed by atoms with van der Waals surface area (Å²) in [4.78, 5) is 23.4. The second-order valence-electron chi connectivity index (χ2n) is 6.28. The van der Waals surface area contributed by atoms with Gasteiger partial charge in [-0.25, -0.2) is 9.97 Å². The average molecular weight is 304 g/mol. The van der Waals surface area contributed by atoms with Crippen LogP contribution in [-0.4, -0.2) is 42.2 Å². The van der Waals surface area contributed by atoms with Gasteiger partial charge in [-0.2, -0.15) is 0 Å². The van der Waals surface area contributed by atoms with Crippen molar-refractivity contribution in [1.29, 1.82) is 0 Å². The van der Waals surface area contributed by atoms with Crippen LogP contribution in [0.2, 0.25) is 0 Å². The number of ether oxygens (including phenoxy) is 1. The molecule has 22 heavy (non-hydrogen) atoms. The standard InChI is InChI=1S/C16H24N4O2/c1-11(2)15(21)18-13-4-3-5-14-12(13)10-17-16(19-14)20-6-8-22-9-7-20/h10-11,13H,3-9H2,1-2H3,(H,18,21)/t13-/m0/s1. The van der Waals surface area contributed by atoms with E-state index in [-0.39, 0.29) is 17.9 Å². The maximum Gasteiger partial charge on any atom is 0.225 e. The molecule has 1 aliphatic heterocycles. The Morgan fingerprint density at radius 1 is 1.41 bits per heavy atom. The lowest BCUT2D eigenvalue weighted by Gasteiger charge is -2.30. The number of fused-ring (bicyclic) bond motifs is 1. The van der Waals surface area contributed by atoms with Crippen molar-refractivity contribution in [3.63, 3.8) is 0 Å². The van der Waals surface area contributed by atoms with E-state index in [9.17, 15) is 4.79 Å². The molecule has 120 valence electrons. The van der Waals surface area contributed by atoms with Gasteiger partial charge in [0.25, 0.3) is 0 Å². The topological polar surface area (TPSA) is 67.4 Å². The van der Waals surface area contributed by atoms with E-state index in [1.54, 1.807) is 0 Å². The fourth-order valence-electron chi connectivity index (χ4n) is 2.94. The van der Waals surface area contributed by atoms with Gasteiger partial charge in [-0.3, -0.25) is 4.79 Å². The molecule has 1 aromatic heterocycles. The Kier molecular flexibility index (Phi) is 4.57. The number of carbonyl (C=O) groups excluding carboxylic acids is 1. The molecule has 1 amide bonds. The minimum atomic E-state index is -0.00100. The largest absolute Gasteiger partial charge is 0.378 e. The minimum absolute atomic E-state index is 0.00100. The second kappa shape index (κ2) is 6.60. The lowest BCUT2D eigenvalue weighted by atomic mass is 9.92. The molecular formula is C16H24N4O2. The first-order valence-corrected chi connectivity index (χ1v) is 8.14. The normalized spacial score (nSPS) is 21.6. The Morgan fingerprint density at radius 2 is 2.18 bits per heavy atom. The summed E-state index contributed by atoms with van der Waals surface area (Å²) in [5.74, 6) is 0.881. The van der Waals surface area contributed by atoms with Crippen LogP contribution < -0.4 is 10.2 Å². The summed E-state index contributed by atoms with van der Waals surface area (Å²) in [6.07, 6.45) is 4.88. The van der Waals surface area contributed by atoms with Crippen molar-refractivity contribution in [2.24, 2.45) is 5.92 Å². The Labute approximate surface area is 131 Å². The van der Waals surface area contributed by atoms with Crippen molar-refractivity contribution < 1.29 is 9.53 Å². The number of nitrogens with one attached hydrogen (secondary N) is 1. The molecule has 3 rings (SSSR count). The van der Waals surface area contributed by atoms with Gasteiger partial charge in [-0.05, 0) is 19.3 Å². The molecule has 1 aromatic rings. The van der Waals surface area contributed by atoms with Crippen LogP contribution in [-0.2, 0) is 16.0 Å². The maximum atomic E-state index is 12.0. The Balaban J connectivity index is 1.78. The van der Waals surface area contributed by atoms with Gasteiger partial charge < -0.3 is 15.0 Å². The third kappa shape index (κ3) is 3.21. The summed E-state index contributed by atoms with van der Waals surface area (Å²) >= 11 is 0. The van der Waals surface area contributed by atoms with Crippen molar-refractivity contribution in [2.75, 3.05) is 31.2 Å². The Hall–Kier alpha value is -1.69. The highest BCUT2D eigenvalue weighted by Crippen LogP contribution is 2.29. The maximum absolute atomic E-state index is 12.0. The third-order valence-electron chi connectivity index (χ3n) is 4.30. The van der Waals surface area contributed by atoms with Crippen LogP contribution in [0.1, 0.15) is 44.0 Å². The first kappa shape index (κ1) is 15.2. The average Bonchev–Trinajstić information content (AvgIpc) is 2.55. The molecule has 6 heteroatoms. The molecule has 0 aromatic carbocycles. The van der Waals surface area contributed by atoms with Crippen LogP contribution in [0.3, 0.4) is 0 Å². The summed E-state index contributed by atoms with van der Waals surface area (Å²) in [6, 6.07) is 0.0531. The van der Waals surface area contributed by atoms with Gasteiger partial charge in [-0.15, -0.1) is 0 Å². The van der Waals surface area contributed by atoms with Gasteiger partial charge in [-0.1, -0.05) is 13.8 Å². The molecule has 1 atom stereocenters. The van der Waals surface area contributed by atoms with E-state index in [1.807, 2.05) is 20.0 Å². The number of rotatable bonds is 3. The minimum Gasteiger partial charge on any atom is -0.378 e. The van der Waals surface area contributed by atoms with Gasteiger partial charge in [0.05, 0.1) is 24.9 Å². The highest BCUT2D eigenvalue weighted by molar-refractivity contribution is 5.78. The number of nitrogens with zero attached hydrogens (tertiary/aromatic N) is 3. The van der Waals surface area contributed by atoms with E-state index in [4.69, 9.17) is 9.72 Å². The number of aryl methyl sites for hydroxylation is 1. The zero-order valence-electron chi connectivity index (χ0n) is 13.3. The van der Waals surface area contributed by atoms with Gasteiger partial charge in [0.2, 0.25) is 11.9 Å². The molecule has 2 heterocycles. The molecule has 1 aliphatic carbocycles. The first-order valence-electron chi connectivity index (χ1n) is 8.14. The fraction of sp³-hybridized carbons (Fsp3) is 0.688. The Bertz CT molecular complexity index is 541.